The van der Waals surface area contributed by atoms with Crippen molar-refractivity contribution in [3.63, 3.8) is 0 Å². The van der Waals surface area contributed by atoms with E-state index >= 15 is 0 Å². The molecule has 1 aromatic rings. The second-order valence-corrected chi connectivity index (χ2v) is 5.83. The monoisotopic (exact) mass is 285 g/mol. The van der Waals surface area contributed by atoms with Crippen LogP contribution in [0.5, 0.6) is 0 Å². The molecular formula is C14H17Cl2NO. The summed E-state index contributed by atoms with van der Waals surface area (Å²) in [5.74, 6) is 0.741. The van der Waals surface area contributed by atoms with Crippen molar-refractivity contribution >= 4 is 29.1 Å². The van der Waals surface area contributed by atoms with Gasteiger partial charge in [0.1, 0.15) is 0 Å². The first-order valence-corrected chi connectivity index (χ1v) is 7.12. The number of benzene rings is 1. The molecule has 0 radical (unpaired) electrons. The summed E-state index contributed by atoms with van der Waals surface area (Å²) in [7, 11) is 0. The van der Waals surface area contributed by atoms with E-state index in [0.29, 0.717) is 17.3 Å². The zero-order valence-electron chi connectivity index (χ0n) is 10.2. The van der Waals surface area contributed by atoms with Gasteiger partial charge in [-0.3, -0.25) is 4.79 Å². The number of hydrogen-bond acceptors (Lipinski definition) is 1. The van der Waals surface area contributed by atoms with Gasteiger partial charge in [-0.2, -0.15) is 0 Å². The predicted molar refractivity (Wildman–Crippen MR) is 75.2 cm³/mol. The second-order valence-electron chi connectivity index (χ2n) is 5.02. The van der Waals surface area contributed by atoms with Crippen molar-refractivity contribution in [3.8, 4) is 0 Å². The molecule has 18 heavy (non-hydrogen) atoms. The number of alkyl halides is 1. The van der Waals surface area contributed by atoms with Crippen LogP contribution in [0.3, 0.4) is 0 Å². The maximum atomic E-state index is 11.8. The van der Waals surface area contributed by atoms with Crippen LogP contribution in [0.15, 0.2) is 24.3 Å². The summed E-state index contributed by atoms with van der Waals surface area (Å²) in [6.45, 7) is 0.756. The van der Waals surface area contributed by atoms with Crippen molar-refractivity contribution < 1.29 is 4.79 Å². The zero-order chi connectivity index (χ0) is 13.0. The molecule has 0 aliphatic heterocycles. The fourth-order valence-corrected chi connectivity index (χ4v) is 2.56. The van der Waals surface area contributed by atoms with Gasteiger partial charge in [-0.05, 0) is 42.4 Å². The largest absolute Gasteiger partial charge is 0.355 e. The van der Waals surface area contributed by atoms with Gasteiger partial charge in [-0.1, -0.05) is 23.7 Å². The Balaban J connectivity index is 1.77. The third-order valence-electron chi connectivity index (χ3n) is 3.52. The maximum Gasteiger partial charge on any atom is 0.224 e. The van der Waals surface area contributed by atoms with Crippen molar-refractivity contribution in [1.29, 1.82) is 0 Å². The van der Waals surface area contributed by atoms with E-state index < -0.39 is 0 Å². The van der Waals surface area contributed by atoms with Crippen LogP contribution in [-0.4, -0.2) is 18.3 Å². The molecule has 2 nitrogen and oxygen atoms in total. The Morgan fingerprint density at radius 1 is 1.28 bits per heavy atom. The molecule has 1 amide bonds. The van der Waals surface area contributed by atoms with Gasteiger partial charge in [0.15, 0.2) is 0 Å². The van der Waals surface area contributed by atoms with E-state index in [4.69, 9.17) is 23.2 Å². The van der Waals surface area contributed by atoms with E-state index in [0.717, 1.165) is 18.5 Å². The molecule has 1 aromatic carbocycles. The molecule has 1 aliphatic rings. The molecule has 0 unspecified atom stereocenters. The van der Waals surface area contributed by atoms with Crippen molar-refractivity contribution in [1.82, 2.24) is 5.32 Å². The van der Waals surface area contributed by atoms with Crippen LogP contribution in [0.4, 0.5) is 0 Å². The van der Waals surface area contributed by atoms with Crippen LogP contribution in [0.2, 0.25) is 5.02 Å². The summed E-state index contributed by atoms with van der Waals surface area (Å²) in [4.78, 5) is 11.8. The summed E-state index contributed by atoms with van der Waals surface area (Å²) in [5.41, 5.74) is 1.27. The summed E-state index contributed by atoms with van der Waals surface area (Å²) in [6, 6.07) is 7.38. The standard InChI is InChI=1S/C14H17Cl2NO/c15-8-7-14(5-6-14)10-17-13(18)9-11-1-3-12(16)4-2-11/h1-4H,5-10H2,(H,17,18). The first kappa shape index (κ1) is 13.7. The molecule has 2 rings (SSSR count). The first-order valence-electron chi connectivity index (χ1n) is 6.21. The van der Waals surface area contributed by atoms with Gasteiger partial charge >= 0.3 is 0 Å². The van der Waals surface area contributed by atoms with E-state index in [2.05, 4.69) is 5.32 Å². The van der Waals surface area contributed by atoms with E-state index in [1.807, 2.05) is 12.1 Å². The SMILES string of the molecule is O=C(Cc1ccc(Cl)cc1)NCC1(CCCl)CC1. The molecule has 0 bridgehead atoms. The Bertz CT molecular complexity index is 412. The summed E-state index contributed by atoms with van der Waals surface area (Å²) in [5, 5.41) is 3.70. The van der Waals surface area contributed by atoms with Crippen molar-refractivity contribution in [2.75, 3.05) is 12.4 Å². The normalized spacial score (nSPS) is 16.3. The molecule has 1 aliphatic carbocycles. The Morgan fingerprint density at radius 3 is 2.50 bits per heavy atom. The number of hydrogen-bond donors (Lipinski definition) is 1. The Hall–Kier alpha value is -0.730. The minimum absolute atomic E-state index is 0.0677. The van der Waals surface area contributed by atoms with E-state index in [1.54, 1.807) is 12.1 Å². The Morgan fingerprint density at radius 2 is 1.94 bits per heavy atom. The predicted octanol–water partition coefficient (Wildman–Crippen LogP) is 3.41. The number of amides is 1. The Labute approximate surface area is 118 Å². The lowest BCUT2D eigenvalue weighted by atomic mass is 10.0. The molecule has 98 valence electrons. The number of carbonyl (C=O) groups excluding carboxylic acids is 1. The van der Waals surface area contributed by atoms with Gasteiger partial charge in [0.05, 0.1) is 6.42 Å². The van der Waals surface area contributed by atoms with Gasteiger partial charge in [-0.15, -0.1) is 11.6 Å². The molecule has 0 atom stereocenters. The van der Waals surface area contributed by atoms with Gasteiger partial charge in [-0.25, -0.2) is 0 Å². The van der Waals surface area contributed by atoms with Crippen LogP contribution >= 0.6 is 23.2 Å². The smallest absolute Gasteiger partial charge is 0.224 e. The highest BCUT2D eigenvalue weighted by molar-refractivity contribution is 6.30. The third kappa shape index (κ3) is 3.89. The number of carbonyl (C=O) groups is 1. The molecule has 4 heteroatoms. The van der Waals surface area contributed by atoms with Crippen molar-refractivity contribution in [2.24, 2.45) is 5.41 Å². The number of rotatable bonds is 6. The molecule has 1 saturated carbocycles. The van der Waals surface area contributed by atoms with Gasteiger partial charge in [0.25, 0.3) is 0 Å². The molecule has 0 spiro atoms. The van der Waals surface area contributed by atoms with Crippen LogP contribution < -0.4 is 5.32 Å². The highest BCUT2D eigenvalue weighted by atomic mass is 35.5. The van der Waals surface area contributed by atoms with Crippen molar-refractivity contribution in [3.05, 3.63) is 34.9 Å². The second kappa shape index (κ2) is 5.94. The highest BCUT2D eigenvalue weighted by Gasteiger charge is 2.41. The van der Waals surface area contributed by atoms with Gasteiger partial charge in [0, 0.05) is 17.4 Å². The minimum Gasteiger partial charge on any atom is -0.355 e. The lowest BCUT2D eigenvalue weighted by Gasteiger charge is -2.14. The maximum absolute atomic E-state index is 11.8. The van der Waals surface area contributed by atoms with Crippen molar-refractivity contribution in [2.45, 2.75) is 25.7 Å². The average Bonchev–Trinajstić information content (AvgIpc) is 3.11. The fourth-order valence-electron chi connectivity index (χ4n) is 2.03. The quantitative estimate of drug-likeness (QED) is 0.798. The van der Waals surface area contributed by atoms with E-state index in [-0.39, 0.29) is 11.3 Å². The molecule has 1 N–H and O–H groups in total. The average molecular weight is 286 g/mol. The first-order chi connectivity index (χ1) is 8.63. The van der Waals surface area contributed by atoms with Crippen LogP contribution in [0, 0.1) is 5.41 Å². The zero-order valence-corrected chi connectivity index (χ0v) is 11.7. The number of nitrogens with one attached hydrogen (secondary N) is 1. The van der Waals surface area contributed by atoms with E-state index in [9.17, 15) is 4.79 Å². The summed E-state index contributed by atoms with van der Waals surface area (Å²) >= 11 is 11.6. The molecule has 1 fully saturated rings. The Kier molecular flexibility index (Phi) is 4.52. The molecule has 0 heterocycles. The fraction of sp³-hybridized carbons (Fsp3) is 0.500. The van der Waals surface area contributed by atoms with E-state index in [1.165, 1.54) is 12.8 Å². The minimum atomic E-state index is 0.0677. The van der Waals surface area contributed by atoms with Gasteiger partial charge in [0.2, 0.25) is 5.91 Å². The summed E-state index contributed by atoms with van der Waals surface area (Å²) in [6.07, 6.45) is 3.77. The summed E-state index contributed by atoms with van der Waals surface area (Å²) < 4.78 is 0. The lowest BCUT2D eigenvalue weighted by molar-refractivity contribution is -0.120. The van der Waals surface area contributed by atoms with Crippen LogP contribution in [0.25, 0.3) is 0 Å². The highest BCUT2D eigenvalue weighted by Crippen LogP contribution is 2.48. The van der Waals surface area contributed by atoms with Crippen LogP contribution in [-0.2, 0) is 11.2 Å². The van der Waals surface area contributed by atoms with Crippen LogP contribution in [0.1, 0.15) is 24.8 Å². The topological polar surface area (TPSA) is 29.1 Å². The molecule has 0 aromatic heterocycles. The van der Waals surface area contributed by atoms with Gasteiger partial charge < -0.3 is 5.32 Å². The lowest BCUT2D eigenvalue weighted by Crippen LogP contribution is -2.31. The number of halogens is 2. The third-order valence-corrected chi connectivity index (χ3v) is 3.96. The molecular weight excluding hydrogens is 269 g/mol. The molecule has 0 saturated heterocycles.